The van der Waals surface area contributed by atoms with E-state index in [0.717, 1.165) is 0 Å². The van der Waals surface area contributed by atoms with Crippen LogP contribution in [0, 0.1) is 0 Å². The molecule has 29 heavy (non-hydrogen) atoms. The van der Waals surface area contributed by atoms with Gasteiger partial charge in [0.1, 0.15) is 0 Å². The van der Waals surface area contributed by atoms with E-state index in [1.54, 1.807) is 50.4 Å². The molecule has 2 aromatic rings. The molecule has 2 rings (SSSR count). The Hall–Kier alpha value is -3.20. The van der Waals surface area contributed by atoms with Crippen LogP contribution in [-0.4, -0.2) is 35.5 Å². The quantitative estimate of drug-likeness (QED) is 0.647. The van der Waals surface area contributed by atoms with E-state index in [0.29, 0.717) is 10.6 Å². The second-order valence-electron chi connectivity index (χ2n) is 7.25. The molecule has 0 fully saturated rings. The van der Waals surface area contributed by atoms with Gasteiger partial charge in [-0.25, -0.2) is 9.59 Å². The molecule has 0 saturated heterocycles. The Balaban J connectivity index is 1.95. The number of carbonyl (C=O) groups excluding carboxylic acids is 4. The fourth-order valence-electron chi connectivity index (χ4n) is 2.19. The zero-order valence-electron chi connectivity index (χ0n) is 16.6. The summed E-state index contributed by atoms with van der Waals surface area (Å²) in [5.41, 5.74) is 0.0606. The van der Waals surface area contributed by atoms with Gasteiger partial charge in [-0.1, -0.05) is 12.1 Å². The molecule has 0 aliphatic rings. The Bertz CT molecular complexity index is 903. The molecule has 9 heteroatoms. The van der Waals surface area contributed by atoms with Crippen molar-refractivity contribution in [3.05, 3.63) is 52.2 Å². The summed E-state index contributed by atoms with van der Waals surface area (Å²) >= 11 is 1.30. The third kappa shape index (κ3) is 7.04. The summed E-state index contributed by atoms with van der Waals surface area (Å²) in [6.45, 7) is 6.67. The van der Waals surface area contributed by atoms with Crippen LogP contribution in [0.2, 0.25) is 0 Å². The van der Waals surface area contributed by atoms with Crippen molar-refractivity contribution in [2.75, 3.05) is 5.32 Å². The monoisotopic (exact) mass is 417 g/mol. The van der Waals surface area contributed by atoms with Crippen LogP contribution in [0.4, 0.5) is 10.5 Å². The van der Waals surface area contributed by atoms with Crippen LogP contribution in [0.1, 0.15) is 47.7 Å². The van der Waals surface area contributed by atoms with E-state index in [9.17, 15) is 19.2 Å². The highest BCUT2D eigenvalue weighted by Gasteiger charge is 2.23. The number of anilines is 1. The van der Waals surface area contributed by atoms with E-state index in [4.69, 9.17) is 4.74 Å². The highest BCUT2D eigenvalue weighted by Crippen LogP contribution is 2.16. The van der Waals surface area contributed by atoms with E-state index < -0.39 is 29.6 Å². The second-order valence-corrected chi connectivity index (χ2v) is 8.20. The minimum Gasteiger partial charge on any atom is -0.449 e. The van der Waals surface area contributed by atoms with Gasteiger partial charge in [-0.05, 0) is 57.3 Å². The fourth-order valence-corrected chi connectivity index (χ4v) is 2.81. The molecule has 0 saturated carbocycles. The highest BCUT2D eigenvalue weighted by atomic mass is 32.1. The molecule has 154 valence electrons. The number of thiophene rings is 1. The molecule has 8 nitrogen and oxygen atoms in total. The summed E-state index contributed by atoms with van der Waals surface area (Å²) in [7, 11) is 0. The normalized spacial score (nSPS) is 11.9. The predicted molar refractivity (Wildman–Crippen MR) is 110 cm³/mol. The minimum absolute atomic E-state index is 0.160. The fraction of sp³-hybridized carbons (Fsp3) is 0.300. The Labute approximate surface area is 172 Å². The largest absolute Gasteiger partial charge is 0.449 e. The van der Waals surface area contributed by atoms with Crippen molar-refractivity contribution in [2.24, 2.45) is 0 Å². The van der Waals surface area contributed by atoms with Crippen LogP contribution in [0.15, 0.2) is 41.8 Å². The number of imide groups is 1. The highest BCUT2D eigenvalue weighted by molar-refractivity contribution is 7.12. The van der Waals surface area contributed by atoms with Gasteiger partial charge in [0.15, 0.2) is 6.10 Å². The number of carbonyl (C=O) groups is 4. The maximum Gasteiger partial charge on any atom is 0.338 e. The summed E-state index contributed by atoms with van der Waals surface area (Å²) < 4.78 is 5.12. The number of hydrogen-bond acceptors (Lipinski definition) is 6. The van der Waals surface area contributed by atoms with Crippen LogP contribution in [0.25, 0.3) is 0 Å². The summed E-state index contributed by atoms with van der Waals surface area (Å²) in [4.78, 5) is 48.8. The average molecular weight is 417 g/mol. The number of ether oxygens (including phenoxy) is 1. The number of benzene rings is 1. The van der Waals surface area contributed by atoms with Gasteiger partial charge in [0.05, 0.1) is 10.4 Å². The van der Waals surface area contributed by atoms with E-state index in [-0.39, 0.29) is 11.5 Å². The molecule has 0 spiro atoms. The first kappa shape index (κ1) is 22.1. The maximum atomic E-state index is 12.3. The van der Waals surface area contributed by atoms with Crippen LogP contribution in [0.5, 0.6) is 0 Å². The molecule has 1 heterocycles. The first-order valence-corrected chi connectivity index (χ1v) is 9.72. The first-order chi connectivity index (χ1) is 13.5. The Kier molecular flexibility index (Phi) is 7.11. The van der Waals surface area contributed by atoms with Gasteiger partial charge < -0.3 is 15.4 Å². The standard InChI is InChI=1S/C20H23N3O5S/c1-12(16(24)22-19(27)23-20(2,3)4)28-18(26)13-7-5-8-14(11-13)21-17(25)15-9-6-10-29-15/h5-12H,1-4H3,(H,21,25)(H2,22,23,24,27)/t12-/m1/s1. The van der Waals surface area contributed by atoms with Crippen LogP contribution in [0.3, 0.4) is 0 Å². The van der Waals surface area contributed by atoms with Crippen molar-refractivity contribution >= 4 is 40.8 Å². The van der Waals surface area contributed by atoms with Crippen molar-refractivity contribution in [3.63, 3.8) is 0 Å². The predicted octanol–water partition coefficient (Wildman–Crippen LogP) is 3.17. The van der Waals surface area contributed by atoms with E-state index in [1.807, 2.05) is 0 Å². The number of nitrogens with one attached hydrogen (secondary N) is 3. The molecule has 0 aliphatic carbocycles. The van der Waals surface area contributed by atoms with E-state index >= 15 is 0 Å². The number of hydrogen-bond donors (Lipinski definition) is 3. The van der Waals surface area contributed by atoms with Crippen LogP contribution < -0.4 is 16.0 Å². The summed E-state index contributed by atoms with van der Waals surface area (Å²) in [6, 6.07) is 8.95. The van der Waals surface area contributed by atoms with Crippen molar-refractivity contribution in [1.82, 2.24) is 10.6 Å². The molecule has 1 aromatic heterocycles. The van der Waals surface area contributed by atoms with Crippen LogP contribution in [-0.2, 0) is 9.53 Å². The van der Waals surface area contributed by atoms with Crippen LogP contribution >= 0.6 is 11.3 Å². The van der Waals surface area contributed by atoms with Gasteiger partial charge in [-0.15, -0.1) is 11.3 Å². The molecule has 0 aliphatic heterocycles. The summed E-state index contributed by atoms with van der Waals surface area (Å²) in [6.07, 6.45) is -1.18. The lowest BCUT2D eigenvalue weighted by Crippen LogP contribution is -2.50. The Morgan fingerprint density at radius 3 is 2.41 bits per heavy atom. The zero-order valence-corrected chi connectivity index (χ0v) is 17.4. The smallest absolute Gasteiger partial charge is 0.338 e. The average Bonchev–Trinajstić information content (AvgIpc) is 3.14. The minimum atomic E-state index is -1.18. The zero-order chi connectivity index (χ0) is 21.6. The lowest BCUT2D eigenvalue weighted by molar-refractivity contribution is -0.127. The second kappa shape index (κ2) is 9.33. The Morgan fingerprint density at radius 1 is 1.07 bits per heavy atom. The van der Waals surface area contributed by atoms with Gasteiger partial charge in [0.2, 0.25) is 0 Å². The number of esters is 1. The summed E-state index contributed by atoms with van der Waals surface area (Å²) in [5.74, 6) is -1.79. The molecular formula is C20H23N3O5S. The van der Waals surface area contributed by atoms with Gasteiger partial charge >= 0.3 is 12.0 Å². The first-order valence-electron chi connectivity index (χ1n) is 8.84. The third-order valence-corrected chi connectivity index (χ3v) is 4.35. The number of urea groups is 1. The molecule has 0 bridgehead atoms. The molecule has 0 radical (unpaired) electrons. The Morgan fingerprint density at radius 2 is 1.79 bits per heavy atom. The van der Waals surface area contributed by atoms with E-state index in [1.165, 1.54) is 30.4 Å². The molecular weight excluding hydrogens is 394 g/mol. The summed E-state index contributed by atoms with van der Waals surface area (Å²) in [5, 5.41) is 9.18. The van der Waals surface area contributed by atoms with Crippen molar-refractivity contribution in [2.45, 2.75) is 39.3 Å². The molecule has 1 atom stereocenters. The number of rotatable bonds is 5. The van der Waals surface area contributed by atoms with Gasteiger partial charge in [-0.3, -0.25) is 14.9 Å². The van der Waals surface area contributed by atoms with Crippen molar-refractivity contribution < 1.29 is 23.9 Å². The lowest BCUT2D eigenvalue weighted by Gasteiger charge is -2.21. The van der Waals surface area contributed by atoms with Gasteiger partial charge in [-0.2, -0.15) is 0 Å². The van der Waals surface area contributed by atoms with Crippen molar-refractivity contribution in [3.8, 4) is 0 Å². The topological polar surface area (TPSA) is 114 Å². The SMILES string of the molecule is C[C@@H](OC(=O)c1cccc(NC(=O)c2cccs2)c1)C(=O)NC(=O)NC(C)(C)C. The maximum absolute atomic E-state index is 12.3. The van der Waals surface area contributed by atoms with Gasteiger partial charge in [0.25, 0.3) is 11.8 Å². The molecule has 0 unspecified atom stereocenters. The van der Waals surface area contributed by atoms with E-state index in [2.05, 4.69) is 16.0 Å². The van der Waals surface area contributed by atoms with Crippen molar-refractivity contribution in [1.29, 1.82) is 0 Å². The lowest BCUT2D eigenvalue weighted by atomic mass is 10.1. The molecule has 1 aromatic carbocycles. The van der Waals surface area contributed by atoms with Gasteiger partial charge in [0, 0.05) is 11.2 Å². The molecule has 4 amide bonds. The number of amides is 4. The molecule has 3 N–H and O–H groups in total. The third-order valence-electron chi connectivity index (χ3n) is 3.48.